The summed E-state index contributed by atoms with van der Waals surface area (Å²) >= 11 is 1.01. The zero-order valence-corrected chi connectivity index (χ0v) is 13.3. The van der Waals surface area contributed by atoms with E-state index in [0.717, 1.165) is 22.4 Å². The normalized spacial score (nSPS) is 12.4. The van der Waals surface area contributed by atoms with E-state index in [-0.39, 0.29) is 0 Å². The third-order valence-corrected chi connectivity index (χ3v) is 3.69. The molecule has 2 rings (SSSR count). The predicted octanol–water partition coefficient (Wildman–Crippen LogP) is 2.18. The van der Waals surface area contributed by atoms with Gasteiger partial charge in [-0.05, 0) is 13.0 Å². The molecule has 126 valence electrons. The van der Waals surface area contributed by atoms with E-state index in [4.69, 9.17) is 0 Å². The Bertz CT molecular complexity index is 620. The van der Waals surface area contributed by atoms with Gasteiger partial charge < -0.3 is 10.6 Å². The van der Waals surface area contributed by atoms with Crippen molar-refractivity contribution in [2.75, 3.05) is 13.1 Å². The van der Waals surface area contributed by atoms with E-state index in [2.05, 4.69) is 30.8 Å². The van der Waals surface area contributed by atoms with Crippen molar-refractivity contribution in [3.63, 3.8) is 0 Å². The summed E-state index contributed by atoms with van der Waals surface area (Å²) < 4.78 is 37.4. The number of H-pyrrole nitrogens is 1. The lowest BCUT2D eigenvalue weighted by Crippen LogP contribution is -2.38. The molecule has 6 nitrogen and oxygen atoms in total. The Labute approximate surface area is 135 Å². The van der Waals surface area contributed by atoms with E-state index >= 15 is 0 Å². The molecule has 0 aliphatic rings. The summed E-state index contributed by atoms with van der Waals surface area (Å²) in [6.07, 6.45) is -2.34. The van der Waals surface area contributed by atoms with Crippen LogP contribution in [0.1, 0.15) is 23.3 Å². The molecule has 0 amide bonds. The standard InChI is InChI=1S/C13H17F3N6S/c1-2-17-12(19-7-9-3-6-20-22-9)18-5-4-11-21-10(8-23-11)13(14,15)16/h3,6,8H,2,4-5,7H2,1H3,(H,20,22)(H2,17,18,19). The molecule has 23 heavy (non-hydrogen) atoms. The molecular weight excluding hydrogens is 329 g/mol. The zero-order valence-electron chi connectivity index (χ0n) is 12.4. The number of nitrogens with zero attached hydrogens (tertiary/aromatic N) is 3. The Balaban J connectivity index is 1.84. The number of rotatable bonds is 6. The van der Waals surface area contributed by atoms with Gasteiger partial charge in [-0.3, -0.25) is 5.10 Å². The molecule has 0 aromatic carbocycles. The summed E-state index contributed by atoms with van der Waals surface area (Å²) in [6, 6.07) is 1.82. The monoisotopic (exact) mass is 346 g/mol. The van der Waals surface area contributed by atoms with E-state index in [0.29, 0.717) is 37.0 Å². The van der Waals surface area contributed by atoms with E-state index in [9.17, 15) is 13.2 Å². The van der Waals surface area contributed by atoms with Gasteiger partial charge in [-0.2, -0.15) is 18.3 Å². The number of aromatic nitrogens is 3. The molecule has 0 aliphatic carbocycles. The average molecular weight is 346 g/mol. The van der Waals surface area contributed by atoms with Crippen molar-refractivity contribution < 1.29 is 13.2 Å². The Kier molecular flexibility index (Phi) is 5.97. The number of hydrogen-bond donors (Lipinski definition) is 3. The van der Waals surface area contributed by atoms with Crippen LogP contribution in [0.4, 0.5) is 13.2 Å². The maximum absolute atomic E-state index is 12.5. The van der Waals surface area contributed by atoms with E-state index in [1.54, 1.807) is 6.20 Å². The maximum atomic E-state index is 12.5. The first kappa shape index (κ1) is 17.3. The number of aliphatic imine (C=N–C) groups is 1. The van der Waals surface area contributed by atoms with Crippen molar-refractivity contribution in [1.82, 2.24) is 25.8 Å². The Morgan fingerprint density at radius 2 is 2.22 bits per heavy atom. The van der Waals surface area contributed by atoms with Crippen LogP contribution in [0.5, 0.6) is 0 Å². The van der Waals surface area contributed by atoms with Gasteiger partial charge in [-0.25, -0.2) is 9.98 Å². The van der Waals surface area contributed by atoms with Gasteiger partial charge in [-0.15, -0.1) is 11.3 Å². The number of guanidine groups is 1. The Hall–Kier alpha value is -2.10. The van der Waals surface area contributed by atoms with Crippen LogP contribution in [0.3, 0.4) is 0 Å². The highest BCUT2D eigenvalue weighted by Crippen LogP contribution is 2.29. The van der Waals surface area contributed by atoms with Crippen molar-refractivity contribution in [3.8, 4) is 0 Å². The van der Waals surface area contributed by atoms with Gasteiger partial charge in [-0.1, -0.05) is 0 Å². The zero-order chi connectivity index (χ0) is 16.7. The molecule has 0 bridgehead atoms. The summed E-state index contributed by atoms with van der Waals surface area (Å²) in [7, 11) is 0. The quantitative estimate of drug-likeness (QED) is 0.553. The van der Waals surface area contributed by atoms with Gasteiger partial charge in [0.25, 0.3) is 0 Å². The third-order valence-electron chi connectivity index (χ3n) is 2.78. The van der Waals surface area contributed by atoms with Crippen molar-refractivity contribution in [1.29, 1.82) is 0 Å². The highest BCUT2D eigenvalue weighted by atomic mass is 32.1. The maximum Gasteiger partial charge on any atom is 0.434 e. The molecule has 2 aromatic heterocycles. The molecule has 2 aromatic rings. The molecule has 0 unspecified atom stereocenters. The van der Waals surface area contributed by atoms with Crippen LogP contribution in [0.15, 0.2) is 22.6 Å². The predicted molar refractivity (Wildman–Crippen MR) is 82.2 cm³/mol. The van der Waals surface area contributed by atoms with Crippen molar-refractivity contribution in [3.05, 3.63) is 34.0 Å². The fraction of sp³-hybridized carbons (Fsp3) is 0.462. The fourth-order valence-corrected chi connectivity index (χ4v) is 2.53. The fourth-order valence-electron chi connectivity index (χ4n) is 1.72. The molecule has 0 fully saturated rings. The largest absolute Gasteiger partial charge is 0.434 e. The summed E-state index contributed by atoms with van der Waals surface area (Å²) in [4.78, 5) is 7.95. The third kappa shape index (κ3) is 5.55. The number of halogens is 3. The Morgan fingerprint density at radius 3 is 2.83 bits per heavy atom. The van der Waals surface area contributed by atoms with Crippen LogP contribution in [0, 0.1) is 0 Å². The number of hydrogen-bond acceptors (Lipinski definition) is 4. The molecule has 0 radical (unpaired) electrons. The van der Waals surface area contributed by atoms with Crippen LogP contribution >= 0.6 is 11.3 Å². The molecule has 0 aliphatic heterocycles. The minimum Gasteiger partial charge on any atom is -0.357 e. The van der Waals surface area contributed by atoms with Gasteiger partial charge in [0, 0.05) is 31.1 Å². The molecule has 0 saturated carbocycles. The topological polar surface area (TPSA) is 78.0 Å². The second kappa shape index (κ2) is 7.95. The molecule has 0 spiro atoms. The van der Waals surface area contributed by atoms with Gasteiger partial charge in [0.05, 0.1) is 17.2 Å². The van der Waals surface area contributed by atoms with E-state index in [1.807, 2.05) is 13.0 Å². The second-order valence-electron chi connectivity index (χ2n) is 4.58. The number of nitrogens with one attached hydrogen (secondary N) is 3. The summed E-state index contributed by atoms with van der Waals surface area (Å²) in [6.45, 7) is 3.50. The van der Waals surface area contributed by atoms with Crippen molar-refractivity contribution in [2.24, 2.45) is 4.99 Å². The molecule has 0 saturated heterocycles. The smallest absolute Gasteiger partial charge is 0.357 e. The number of thiazole rings is 1. The summed E-state index contributed by atoms with van der Waals surface area (Å²) in [5.41, 5.74) is 0.0364. The van der Waals surface area contributed by atoms with E-state index < -0.39 is 11.9 Å². The second-order valence-corrected chi connectivity index (χ2v) is 5.52. The minimum atomic E-state index is -4.39. The first-order chi connectivity index (χ1) is 11.0. The molecule has 0 atom stereocenters. The average Bonchev–Trinajstić information content (AvgIpc) is 3.15. The summed E-state index contributed by atoms with van der Waals surface area (Å²) in [5, 5.41) is 14.3. The molecule has 3 N–H and O–H groups in total. The van der Waals surface area contributed by atoms with Crippen LogP contribution in [0.2, 0.25) is 0 Å². The van der Waals surface area contributed by atoms with Crippen LogP contribution in [-0.2, 0) is 19.1 Å². The van der Waals surface area contributed by atoms with E-state index in [1.165, 1.54) is 0 Å². The number of alkyl halides is 3. The lowest BCUT2D eigenvalue weighted by atomic mass is 10.4. The first-order valence-electron chi connectivity index (χ1n) is 7.01. The van der Waals surface area contributed by atoms with Crippen molar-refractivity contribution in [2.45, 2.75) is 26.1 Å². The summed E-state index contributed by atoms with van der Waals surface area (Å²) in [5.74, 6) is 0.592. The number of aromatic amines is 1. The highest BCUT2D eigenvalue weighted by Gasteiger charge is 2.33. The van der Waals surface area contributed by atoms with Gasteiger partial charge in [0.15, 0.2) is 11.7 Å². The molecule has 2 heterocycles. The van der Waals surface area contributed by atoms with Crippen molar-refractivity contribution >= 4 is 17.3 Å². The lowest BCUT2D eigenvalue weighted by Gasteiger charge is -2.10. The van der Waals surface area contributed by atoms with Crippen LogP contribution < -0.4 is 10.6 Å². The molecular formula is C13H17F3N6S. The SMILES string of the molecule is CCNC(=NCc1ccn[nH]1)NCCc1nc(C(F)(F)F)cs1. The highest BCUT2D eigenvalue weighted by molar-refractivity contribution is 7.09. The first-order valence-corrected chi connectivity index (χ1v) is 7.89. The lowest BCUT2D eigenvalue weighted by molar-refractivity contribution is -0.140. The minimum absolute atomic E-state index is 0.398. The van der Waals surface area contributed by atoms with Gasteiger partial charge in [0.1, 0.15) is 0 Å². The van der Waals surface area contributed by atoms with Gasteiger partial charge >= 0.3 is 6.18 Å². The van der Waals surface area contributed by atoms with Gasteiger partial charge in [0.2, 0.25) is 0 Å². The Morgan fingerprint density at radius 1 is 1.39 bits per heavy atom. The molecule has 10 heteroatoms. The van der Waals surface area contributed by atoms with Crippen LogP contribution in [0.25, 0.3) is 0 Å². The van der Waals surface area contributed by atoms with Crippen LogP contribution in [-0.4, -0.2) is 34.2 Å².